The normalized spacial score (nSPS) is 13.4. The molecule has 0 saturated carbocycles. The van der Waals surface area contributed by atoms with Crippen molar-refractivity contribution in [1.82, 2.24) is 9.03 Å². The van der Waals surface area contributed by atoms with E-state index >= 15 is 0 Å². The maximum atomic E-state index is 11.8. The largest absolute Gasteiger partial charge is 0.480 e. The van der Waals surface area contributed by atoms with E-state index in [-0.39, 0.29) is 13.0 Å². The van der Waals surface area contributed by atoms with Crippen LogP contribution in [0.4, 0.5) is 0 Å². The van der Waals surface area contributed by atoms with E-state index in [4.69, 9.17) is 5.11 Å². The van der Waals surface area contributed by atoms with Gasteiger partial charge in [0.05, 0.1) is 0 Å². The molecule has 106 valence electrons. The molecule has 6 nitrogen and oxygen atoms in total. The number of nitrogens with zero attached hydrogens (tertiary/aromatic N) is 1. The number of hydrogen-bond acceptors (Lipinski definition) is 3. The molecular weight excluding hydrogens is 268 g/mol. The van der Waals surface area contributed by atoms with Gasteiger partial charge < -0.3 is 5.11 Å². The lowest BCUT2D eigenvalue weighted by Crippen LogP contribution is -2.48. The second-order valence-corrected chi connectivity index (χ2v) is 5.93. The first-order chi connectivity index (χ1) is 8.86. The van der Waals surface area contributed by atoms with Crippen molar-refractivity contribution in [2.75, 3.05) is 13.6 Å². The lowest BCUT2D eigenvalue weighted by atomic mass is 10.1. The molecule has 7 heteroatoms. The minimum Gasteiger partial charge on any atom is -0.480 e. The standard InChI is InChI=1S/C12H18N2O4S/c1-3-14(2)19(17,18)13-11(12(15)16)9-10-7-5-4-6-8-10/h4-8,11,13H,3,9H2,1-2H3,(H,15,16)/t11-/m0/s1. The van der Waals surface area contributed by atoms with Gasteiger partial charge in [-0.15, -0.1) is 0 Å². The summed E-state index contributed by atoms with van der Waals surface area (Å²) >= 11 is 0. The molecule has 1 aromatic carbocycles. The molecule has 0 spiro atoms. The Morgan fingerprint density at radius 1 is 1.37 bits per heavy atom. The van der Waals surface area contributed by atoms with Crippen molar-refractivity contribution in [3.63, 3.8) is 0 Å². The van der Waals surface area contributed by atoms with Gasteiger partial charge in [0.1, 0.15) is 6.04 Å². The Morgan fingerprint density at radius 2 is 1.95 bits per heavy atom. The highest BCUT2D eigenvalue weighted by Crippen LogP contribution is 2.05. The number of carbonyl (C=O) groups is 1. The van der Waals surface area contributed by atoms with Crippen LogP contribution in [0, 0.1) is 0 Å². The number of rotatable bonds is 7. The number of aliphatic carboxylic acids is 1. The topological polar surface area (TPSA) is 86.7 Å². The van der Waals surface area contributed by atoms with E-state index in [1.165, 1.54) is 7.05 Å². The van der Waals surface area contributed by atoms with Crippen LogP contribution in [0.2, 0.25) is 0 Å². The third-order valence-electron chi connectivity index (χ3n) is 2.73. The van der Waals surface area contributed by atoms with E-state index in [1.54, 1.807) is 31.2 Å². The van der Waals surface area contributed by atoms with Crippen molar-refractivity contribution in [1.29, 1.82) is 0 Å². The molecule has 0 unspecified atom stereocenters. The monoisotopic (exact) mass is 286 g/mol. The second-order valence-electron chi connectivity index (χ2n) is 4.12. The van der Waals surface area contributed by atoms with E-state index in [1.807, 2.05) is 6.07 Å². The Labute approximate surface area is 113 Å². The van der Waals surface area contributed by atoms with Crippen molar-refractivity contribution >= 4 is 16.2 Å². The van der Waals surface area contributed by atoms with Crippen molar-refractivity contribution < 1.29 is 18.3 Å². The molecule has 19 heavy (non-hydrogen) atoms. The molecule has 0 fully saturated rings. The van der Waals surface area contributed by atoms with Crippen LogP contribution in [0.5, 0.6) is 0 Å². The zero-order chi connectivity index (χ0) is 14.5. The highest BCUT2D eigenvalue weighted by Gasteiger charge is 2.26. The van der Waals surface area contributed by atoms with Crippen LogP contribution in [0.3, 0.4) is 0 Å². The fourth-order valence-electron chi connectivity index (χ4n) is 1.47. The first-order valence-corrected chi connectivity index (χ1v) is 7.31. The first kappa shape index (κ1) is 15.6. The smallest absolute Gasteiger partial charge is 0.322 e. The summed E-state index contributed by atoms with van der Waals surface area (Å²) in [5, 5.41) is 9.11. The van der Waals surface area contributed by atoms with Gasteiger partial charge in [0, 0.05) is 13.6 Å². The Bertz CT molecular complexity index is 516. The van der Waals surface area contributed by atoms with Crippen LogP contribution in [0.1, 0.15) is 12.5 Å². The highest BCUT2D eigenvalue weighted by atomic mass is 32.2. The minimum absolute atomic E-state index is 0.104. The number of hydrogen-bond donors (Lipinski definition) is 2. The van der Waals surface area contributed by atoms with E-state index in [0.29, 0.717) is 0 Å². The van der Waals surface area contributed by atoms with Gasteiger partial charge in [-0.2, -0.15) is 17.4 Å². The average molecular weight is 286 g/mol. The third kappa shape index (κ3) is 4.62. The molecule has 0 aliphatic heterocycles. The Kier molecular flexibility index (Phi) is 5.46. The average Bonchev–Trinajstić information content (AvgIpc) is 2.37. The summed E-state index contributed by atoms with van der Waals surface area (Å²) in [7, 11) is -2.38. The maximum absolute atomic E-state index is 11.8. The van der Waals surface area contributed by atoms with Gasteiger partial charge in [-0.05, 0) is 12.0 Å². The molecular formula is C12H18N2O4S. The SMILES string of the molecule is CCN(C)S(=O)(=O)N[C@@H](Cc1ccccc1)C(=O)O. The van der Waals surface area contributed by atoms with Crippen molar-refractivity contribution in [2.45, 2.75) is 19.4 Å². The van der Waals surface area contributed by atoms with Gasteiger partial charge in [0.2, 0.25) is 0 Å². The van der Waals surface area contributed by atoms with Gasteiger partial charge in [-0.25, -0.2) is 0 Å². The summed E-state index contributed by atoms with van der Waals surface area (Å²) in [6.45, 7) is 1.94. The Hall–Kier alpha value is -1.44. The van der Waals surface area contributed by atoms with Crippen LogP contribution in [0.25, 0.3) is 0 Å². The molecule has 0 amide bonds. The van der Waals surface area contributed by atoms with Gasteiger partial charge in [0.15, 0.2) is 0 Å². The van der Waals surface area contributed by atoms with Crippen LogP contribution in [-0.2, 0) is 21.4 Å². The summed E-state index contributed by atoms with van der Waals surface area (Å²) in [5.41, 5.74) is 0.761. The van der Waals surface area contributed by atoms with E-state index < -0.39 is 22.2 Å². The summed E-state index contributed by atoms with van der Waals surface area (Å²) in [5.74, 6) is -1.20. The predicted octanol–water partition coefficient (Wildman–Crippen LogP) is 0.468. The molecule has 0 saturated heterocycles. The highest BCUT2D eigenvalue weighted by molar-refractivity contribution is 7.87. The Balaban J connectivity index is 2.83. The lowest BCUT2D eigenvalue weighted by molar-refractivity contribution is -0.138. The molecule has 0 radical (unpaired) electrons. The summed E-state index contributed by atoms with van der Waals surface area (Å²) in [6, 6.07) is 7.71. The van der Waals surface area contributed by atoms with Gasteiger partial charge in [-0.1, -0.05) is 37.3 Å². The number of benzene rings is 1. The molecule has 1 atom stereocenters. The second kappa shape index (κ2) is 6.65. The van der Waals surface area contributed by atoms with Crippen LogP contribution < -0.4 is 4.72 Å². The summed E-state index contributed by atoms with van der Waals surface area (Å²) in [6.07, 6.45) is 0.104. The predicted molar refractivity (Wildman–Crippen MR) is 71.9 cm³/mol. The molecule has 1 rings (SSSR count). The Morgan fingerprint density at radius 3 is 2.42 bits per heavy atom. The van der Waals surface area contributed by atoms with Crippen LogP contribution in [0.15, 0.2) is 30.3 Å². The van der Waals surface area contributed by atoms with E-state index in [0.717, 1.165) is 9.87 Å². The number of carboxylic acid groups (broad SMARTS) is 1. The zero-order valence-electron chi connectivity index (χ0n) is 10.9. The number of carboxylic acids is 1. The molecule has 0 aliphatic carbocycles. The maximum Gasteiger partial charge on any atom is 0.322 e. The third-order valence-corrected chi connectivity index (χ3v) is 4.39. The summed E-state index contributed by atoms with van der Waals surface area (Å²) < 4.78 is 26.9. The molecule has 2 N–H and O–H groups in total. The fourth-order valence-corrected chi connectivity index (χ4v) is 2.53. The minimum atomic E-state index is -3.77. The molecule has 1 aromatic rings. The van der Waals surface area contributed by atoms with Crippen molar-refractivity contribution in [3.05, 3.63) is 35.9 Å². The van der Waals surface area contributed by atoms with E-state index in [9.17, 15) is 13.2 Å². The van der Waals surface area contributed by atoms with Crippen molar-refractivity contribution in [3.8, 4) is 0 Å². The fraction of sp³-hybridized carbons (Fsp3) is 0.417. The molecule has 0 bridgehead atoms. The van der Waals surface area contributed by atoms with Gasteiger partial charge >= 0.3 is 5.97 Å². The van der Waals surface area contributed by atoms with Crippen LogP contribution >= 0.6 is 0 Å². The summed E-state index contributed by atoms with van der Waals surface area (Å²) in [4.78, 5) is 11.1. The molecule has 0 heterocycles. The zero-order valence-corrected chi connectivity index (χ0v) is 11.7. The quantitative estimate of drug-likeness (QED) is 0.763. The van der Waals surface area contributed by atoms with Gasteiger partial charge in [-0.3, -0.25) is 4.79 Å². The molecule has 0 aromatic heterocycles. The van der Waals surface area contributed by atoms with E-state index in [2.05, 4.69) is 4.72 Å². The van der Waals surface area contributed by atoms with Gasteiger partial charge in [0.25, 0.3) is 10.2 Å². The van der Waals surface area contributed by atoms with Crippen LogP contribution in [-0.4, -0.2) is 43.4 Å². The molecule has 0 aliphatic rings. The number of nitrogens with one attached hydrogen (secondary N) is 1. The lowest BCUT2D eigenvalue weighted by Gasteiger charge is -2.20. The first-order valence-electron chi connectivity index (χ1n) is 5.87. The van der Waals surface area contributed by atoms with Crippen molar-refractivity contribution in [2.24, 2.45) is 0 Å².